The summed E-state index contributed by atoms with van der Waals surface area (Å²) in [4.78, 5) is 2.64. The van der Waals surface area contributed by atoms with Crippen molar-refractivity contribution < 1.29 is 4.74 Å². The minimum Gasteiger partial charge on any atom is -0.457 e. The molecule has 0 saturated carbocycles. The Bertz CT molecular complexity index is 616. The van der Waals surface area contributed by atoms with E-state index in [0.29, 0.717) is 6.04 Å². The van der Waals surface area contributed by atoms with E-state index in [4.69, 9.17) is 4.74 Å². The van der Waals surface area contributed by atoms with Gasteiger partial charge in [-0.3, -0.25) is 4.90 Å². The van der Waals surface area contributed by atoms with E-state index in [1.807, 2.05) is 30.3 Å². The average Bonchev–Trinajstić information content (AvgIpc) is 2.68. The molecule has 1 aliphatic heterocycles. The number of piperazine rings is 1. The Morgan fingerprint density at radius 1 is 0.889 bits per heavy atom. The molecule has 2 aromatic carbocycles. The smallest absolute Gasteiger partial charge is 0.127 e. The first kappa shape index (κ1) is 23.8. The van der Waals surface area contributed by atoms with E-state index in [9.17, 15) is 0 Å². The fourth-order valence-corrected chi connectivity index (χ4v) is 3.52. The topological polar surface area (TPSA) is 24.5 Å². The third-order valence-electron chi connectivity index (χ3n) is 4.92. The maximum atomic E-state index is 5.93. The summed E-state index contributed by atoms with van der Waals surface area (Å²) in [7, 11) is 0. The summed E-state index contributed by atoms with van der Waals surface area (Å²) in [5, 5.41) is 3.46. The molecule has 0 radical (unpaired) electrons. The van der Waals surface area contributed by atoms with Gasteiger partial charge in [-0.25, -0.2) is 0 Å². The van der Waals surface area contributed by atoms with Crippen molar-refractivity contribution >= 4 is 24.8 Å². The zero-order chi connectivity index (χ0) is 17.3. The van der Waals surface area contributed by atoms with Crippen molar-refractivity contribution in [1.82, 2.24) is 10.2 Å². The zero-order valence-electron chi connectivity index (χ0n) is 16.1. The molecular weight excluding hydrogens is 379 g/mol. The third kappa shape index (κ3) is 7.34. The van der Waals surface area contributed by atoms with E-state index in [2.05, 4.69) is 41.4 Å². The lowest BCUT2D eigenvalue weighted by Gasteiger charge is -2.35. The van der Waals surface area contributed by atoms with Crippen LogP contribution in [0.4, 0.5) is 0 Å². The molecule has 1 atom stereocenters. The average molecular weight is 411 g/mol. The van der Waals surface area contributed by atoms with Crippen LogP contribution in [0.25, 0.3) is 0 Å². The number of unbranched alkanes of at least 4 members (excludes halogenated alkanes) is 2. The Morgan fingerprint density at radius 3 is 2.15 bits per heavy atom. The van der Waals surface area contributed by atoms with Crippen LogP contribution < -0.4 is 10.1 Å². The van der Waals surface area contributed by atoms with E-state index < -0.39 is 0 Å². The quantitative estimate of drug-likeness (QED) is 0.552. The Labute approximate surface area is 176 Å². The number of hydrogen-bond acceptors (Lipinski definition) is 3. The van der Waals surface area contributed by atoms with Gasteiger partial charge in [0.25, 0.3) is 0 Å². The third-order valence-corrected chi connectivity index (χ3v) is 4.92. The predicted molar refractivity (Wildman–Crippen MR) is 119 cm³/mol. The highest BCUT2D eigenvalue weighted by Crippen LogP contribution is 2.29. The molecule has 1 saturated heterocycles. The Kier molecular flexibility index (Phi) is 11.5. The number of rotatable bonds is 8. The number of benzene rings is 2. The first-order valence-corrected chi connectivity index (χ1v) is 9.64. The second-order valence-corrected chi connectivity index (χ2v) is 6.78. The van der Waals surface area contributed by atoms with Crippen LogP contribution in [0.2, 0.25) is 0 Å². The van der Waals surface area contributed by atoms with Gasteiger partial charge in [0.05, 0.1) is 0 Å². The molecule has 1 aliphatic rings. The molecule has 1 heterocycles. The molecule has 1 N–H and O–H groups in total. The first-order chi connectivity index (χ1) is 12.4. The van der Waals surface area contributed by atoms with Crippen LogP contribution in [-0.2, 0) is 0 Å². The van der Waals surface area contributed by atoms with E-state index in [-0.39, 0.29) is 24.8 Å². The normalized spacial score (nSPS) is 15.3. The highest BCUT2D eigenvalue weighted by molar-refractivity contribution is 5.85. The van der Waals surface area contributed by atoms with Gasteiger partial charge >= 0.3 is 0 Å². The van der Waals surface area contributed by atoms with Crippen LogP contribution in [0.5, 0.6) is 11.5 Å². The molecule has 0 aromatic heterocycles. The number of halogens is 2. The van der Waals surface area contributed by atoms with E-state index >= 15 is 0 Å². The van der Waals surface area contributed by atoms with Crippen molar-refractivity contribution in [2.45, 2.75) is 38.6 Å². The molecule has 1 fully saturated rings. The van der Waals surface area contributed by atoms with Gasteiger partial charge in [-0.05, 0) is 36.2 Å². The number of nitrogens with zero attached hydrogens (tertiary/aromatic N) is 1. The number of hydrogen-bond donors (Lipinski definition) is 1. The van der Waals surface area contributed by atoms with Gasteiger partial charge in [-0.15, -0.1) is 24.8 Å². The number of para-hydroxylation sites is 1. The molecule has 150 valence electrons. The van der Waals surface area contributed by atoms with E-state index in [1.54, 1.807) is 0 Å². The second kappa shape index (κ2) is 13.0. The summed E-state index contributed by atoms with van der Waals surface area (Å²) in [6, 6.07) is 19.2. The van der Waals surface area contributed by atoms with Gasteiger partial charge in [0, 0.05) is 32.2 Å². The molecule has 27 heavy (non-hydrogen) atoms. The summed E-state index contributed by atoms with van der Waals surface area (Å²) in [6.45, 7) is 6.74. The van der Waals surface area contributed by atoms with Gasteiger partial charge in [0.1, 0.15) is 11.5 Å². The Morgan fingerprint density at radius 2 is 1.52 bits per heavy atom. The van der Waals surface area contributed by atoms with Crippen molar-refractivity contribution in [3.8, 4) is 11.5 Å². The summed E-state index contributed by atoms with van der Waals surface area (Å²) in [6.07, 6.45) is 5.13. The summed E-state index contributed by atoms with van der Waals surface area (Å²) >= 11 is 0. The molecule has 3 rings (SSSR count). The van der Waals surface area contributed by atoms with Gasteiger partial charge in [-0.2, -0.15) is 0 Å². The van der Waals surface area contributed by atoms with Gasteiger partial charge in [0.2, 0.25) is 0 Å². The molecule has 0 bridgehead atoms. The van der Waals surface area contributed by atoms with Crippen molar-refractivity contribution in [1.29, 1.82) is 0 Å². The summed E-state index contributed by atoms with van der Waals surface area (Å²) < 4.78 is 5.93. The largest absolute Gasteiger partial charge is 0.457 e. The van der Waals surface area contributed by atoms with Gasteiger partial charge in [0.15, 0.2) is 0 Å². The lowest BCUT2D eigenvalue weighted by Crippen LogP contribution is -2.45. The van der Waals surface area contributed by atoms with Crippen molar-refractivity contribution in [2.75, 3.05) is 26.2 Å². The maximum absolute atomic E-state index is 5.93. The highest BCUT2D eigenvalue weighted by Gasteiger charge is 2.21. The molecule has 0 amide bonds. The summed E-state index contributed by atoms with van der Waals surface area (Å²) in [5.74, 6) is 1.79. The van der Waals surface area contributed by atoms with Gasteiger partial charge in [-0.1, -0.05) is 56.5 Å². The molecule has 3 nitrogen and oxygen atoms in total. The SMILES string of the molecule is CCCCC[C@@H](c1ccc(Oc2ccccc2)cc1)N1CCNCC1.Cl.Cl. The fraction of sp³-hybridized carbons (Fsp3) is 0.455. The predicted octanol–water partition coefficient (Wildman–Crippen LogP) is 5.85. The van der Waals surface area contributed by atoms with Crippen molar-refractivity contribution in [3.63, 3.8) is 0 Å². The molecular formula is C22H32Cl2N2O. The minimum absolute atomic E-state index is 0. The molecule has 5 heteroatoms. The standard InChI is InChI=1S/C22H30N2O.2ClH/c1-2-3-5-10-22(24-17-15-23-16-18-24)19-11-13-21(14-12-19)25-20-8-6-4-7-9-20;;/h4,6-9,11-14,22-23H,2-3,5,10,15-18H2,1H3;2*1H/t22-;;/m0../s1. The van der Waals surface area contributed by atoms with Crippen LogP contribution in [0.1, 0.15) is 44.2 Å². The first-order valence-electron chi connectivity index (χ1n) is 9.64. The molecule has 0 aliphatic carbocycles. The second-order valence-electron chi connectivity index (χ2n) is 6.78. The van der Waals surface area contributed by atoms with Crippen molar-refractivity contribution in [2.24, 2.45) is 0 Å². The highest BCUT2D eigenvalue weighted by atomic mass is 35.5. The van der Waals surface area contributed by atoms with Crippen LogP contribution in [-0.4, -0.2) is 31.1 Å². The Hall–Kier alpha value is -1.26. The molecule has 2 aromatic rings. The lowest BCUT2D eigenvalue weighted by atomic mass is 9.98. The van der Waals surface area contributed by atoms with Crippen LogP contribution in [0, 0.1) is 0 Å². The van der Waals surface area contributed by atoms with Crippen LogP contribution in [0.15, 0.2) is 54.6 Å². The van der Waals surface area contributed by atoms with Crippen LogP contribution in [0.3, 0.4) is 0 Å². The lowest BCUT2D eigenvalue weighted by molar-refractivity contribution is 0.162. The van der Waals surface area contributed by atoms with Crippen molar-refractivity contribution in [3.05, 3.63) is 60.2 Å². The van der Waals surface area contributed by atoms with E-state index in [0.717, 1.165) is 37.7 Å². The van der Waals surface area contributed by atoms with E-state index in [1.165, 1.54) is 31.2 Å². The Balaban J connectivity index is 0.00000182. The molecule has 0 unspecified atom stereocenters. The zero-order valence-corrected chi connectivity index (χ0v) is 17.7. The monoisotopic (exact) mass is 410 g/mol. The number of nitrogens with one attached hydrogen (secondary N) is 1. The summed E-state index contributed by atoms with van der Waals surface area (Å²) in [5.41, 5.74) is 1.42. The van der Waals surface area contributed by atoms with Gasteiger partial charge < -0.3 is 10.1 Å². The van der Waals surface area contributed by atoms with Crippen LogP contribution >= 0.6 is 24.8 Å². The number of ether oxygens (including phenoxy) is 1. The minimum atomic E-state index is 0. The molecule has 0 spiro atoms. The maximum Gasteiger partial charge on any atom is 0.127 e. The fourth-order valence-electron chi connectivity index (χ4n) is 3.52.